The molecule has 4 heterocycles. The molecule has 0 spiro atoms. The number of aryl methyl sites for hydroxylation is 4. The van der Waals surface area contributed by atoms with Crippen LogP contribution in [-0.4, -0.2) is 42.0 Å². The van der Waals surface area contributed by atoms with E-state index in [9.17, 15) is 4.79 Å². The van der Waals surface area contributed by atoms with E-state index in [1.165, 1.54) is 0 Å². The summed E-state index contributed by atoms with van der Waals surface area (Å²) >= 11 is 0. The molecule has 1 atom stereocenters. The molecule has 1 saturated heterocycles. The van der Waals surface area contributed by atoms with Crippen LogP contribution in [0, 0.1) is 20.8 Å². The highest BCUT2D eigenvalue weighted by molar-refractivity contribution is 5.91. The van der Waals surface area contributed by atoms with Gasteiger partial charge in [-0.15, -0.1) is 0 Å². The number of rotatable bonds is 3. The van der Waals surface area contributed by atoms with Crippen molar-refractivity contribution in [1.82, 2.24) is 29.6 Å². The van der Waals surface area contributed by atoms with Crippen LogP contribution in [0.1, 0.15) is 58.8 Å². The van der Waals surface area contributed by atoms with Crippen LogP contribution < -0.4 is 0 Å². The molecule has 0 radical (unpaired) electrons. The maximum atomic E-state index is 13.1. The average Bonchev–Trinajstić information content (AvgIpc) is 3.25. The second-order valence-electron chi connectivity index (χ2n) is 7.33. The van der Waals surface area contributed by atoms with Crippen LogP contribution in [-0.2, 0) is 7.05 Å². The third-order valence-corrected chi connectivity index (χ3v) is 5.25. The molecule has 3 aromatic heterocycles. The Bertz CT molecular complexity index is 1000. The fraction of sp³-hybridized carbons (Fsp3) is 0.450. The number of likely N-dealkylation sites (tertiary alicyclic amines) is 1. The van der Waals surface area contributed by atoms with Gasteiger partial charge in [-0.25, -0.2) is 15.0 Å². The number of carbonyl (C=O) groups excluding carboxylic acids is 1. The van der Waals surface area contributed by atoms with E-state index in [4.69, 9.17) is 9.51 Å². The Balaban J connectivity index is 1.74. The van der Waals surface area contributed by atoms with Crippen molar-refractivity contribution in [3.8, 4) is 11.4 Å². The highest BCUT2D eigenvalue weighted by Crippen LogP contribution is 2.33. The van der Waals surface area contributed by atoms with Gasteiger partial charge in [-0.2, -0.15) is 0 Å². The molecule has 1 aliphatic rings. The zero-order chi connectivity index (χ0) is 19.8. The highest BCUT2D eigenvalue weighted by Gasteiger charge is 2.32. The number of imidazole rings is 1. The lowest BCUT2D eigenvalue weighted by Crippen LogP contribution is -2.40. The van der Waals surface area contributed by atoms with Crippen LogP contribution in [0.5, 0.6) is 0 Å². The second-order valence-corrected chi connectivity index (χ2v) is 7.33. The molecule has 8 nitrogen and oxygen atoms in total. The van der Waals surface area contributed by atoms with Crippen LogP contribution >= 0.6 is 0 Å². The van der Waals surface area contributed by atoms with Gasteiger partial charge in [0, 0.05) is 31.7 Å². The molecule has 0 N–H and O–H groups in total. The molecule has 0 aromatic carbocycles. The summed E-state index contributed by atoms with van der Waals surface area (Å²) in [5, 5.41) is 4.02. The zero-order valence-electron chi connectivity index (χ0n) is 16.6. The Hall–Kier alpha value is -3.03. The Morgan fingerprint density at radius 3 is 2.71 bits per heavy atom. The van der Waals surface area contributed by atoms with E-state index < -0.39 is 0 Å². The molecular weight excluding hydrogens is 356 g/mol. The minimum absolute atomic E-state index is 0.0626. The molecule has 0 unspecified atom stereocenters. The van der Waals surface area contributed by atoms with E-state index in [0.29, 0.717) is 24.0 Å². The van der Waals surface area contributed by atoms with Crippen LogP contribution in [0.4, 0.5) is 0 Å². The fourth-order valence-corrected chi connectivity index (χ4v) is 3.86. The first-order valence-electron chi connectivity index (χ1n) is 9.53. The van der Waals surface area contributed by atoms with E-state index in [2.05, 4.69) is 15.1 Å². The maximum Gasteiger partial charge on any atom is 0.290 e. The number of hydrogen-bond donors (Lipinski definition) is 0. The van der Waals surface area contributed by atoms with Gasteiger partial charge in [0.2, 0.25) is 0 Å². The number of hydrogen-bond acceptors (Lipinski definition) is 6. The normalized spacial score (nSPS) is 17.1. The molecule has 0 bridgehead atoms. The first kappa shape index (κ1) is 18.3. The Morgan fingerprint density at radius 2 is 2.04 bits per heavy atom. The SMILES string of the molecule is Cc1cc([C@@H]2CCCCN2C(=O)c2nccn2C)nc(-c2c(C)noc2C)n1. The van der Waals surface area contributed by atoms with Gasteiger partial charge in [0.1, 0.15) is 5.76 Å². The third kappa shape index (κ3) is 3.19. The minimum Gasteiger partial charge on any atom is -0.361 e. The number of piperidine rings is 1. The number of aromatic nitrogens is 5. The molecule has 1 amide bonds. The number of carbonyl (C=O) groups is 1. The Labute approximate surface area is 163 Å². The molecule has 4 rings (SSSR count). The van der Waals surface area contributed by atoms with Crippen molar-refractivity contribution in [2.24, 2.45) is 7.05 Å². The molecule has 0 saturated carbocycles. The lowest BCUT2D eigenvalue weighted by molar-refractivity contribution is 0.0589. The molecular formula is C20H24N6O2. The van der Waals surface area contributed by atoms with Crippen LogP contribution in [0.15, 0.2) is 23.0 Å². The lowest BCUT2D eigenvalue weighted by Gasteiger charge is -2.35. The van der Waals surface area contributed by atoms with Crippen molar-refractivity contribution in [2.75, 3.05) is 6.54 Å². The van der Waals surface area contributed by atoms with Crippen LogP contribution in [0.2, 0.25) is 0 Å². The summed E-state index contributed by atoms with van der Waals surface area (Å²) in [5.74, 6) is 1.68. The Morgan fingerprint density at radius 1 is 1.21 bits per heavy atom. The summed E-state index contributed by atoms with van der Waals surface area (Å²) in [5.41, 5.74) is 3.29. The molecule has 8 heteroatoms. The topological polar surface area (TPSA) is 89.9 Å². The summed E-state index contributed by atoms with van der Waals surface area (Å²) in [7, 11) is 1.84. The summed E-state index contributed by atoms with van der Waals surface area (Å²) in [6, 6.07) is 1.87. The van der Waals surface area contributed by atoms with Crippen molar-refractivity contribution < 1.29 is 9.32 Å². The second kappa shape index (κ2) is 7.18. The number of nitrogens with zero attached hydrogens (tertiary/aromatic N) is 6. The first-order valence-corrected chi connectivity index (χ1v) is 9.53. The van der Waals surface area contributed by atoms with E-state index in [-0.39, 0.29) is 11.9 Å². The van der Waals surface area contributed by atoms with E-state index >= 15 is 0 Å². The summed E-state index contributed by atoms with van der Waals surface area (Å²) in [6.45, 7) is 6.38. The monoisotopic (exact) mass is 380 g/mol. The minimum atomic E-state index is -0.0983. The van der Waals surface area contributed by atoms with E-state index in [1.54, 1.807) is 17.0 Å². The molecule has 28 heavy (non-hydrogen) atoms. The maximum absolute atomic E-state index is 13.1. The molecule has 1 fully saturated rings. The van der Waals surface area contributed by atoms with Gasteiger partial charge in [0.15, 0.2) is 11.6 Å². The quantitative estimate of drug-likeness (QED) is 0.693. The molecule has 1 aliphatic heterocycles. The number of amides is 1. The van der Waals surface area contributed by atoms with E-state index in [0.717, 1.165) is 41.9 Å². The fourth-order valence-electron chi connectivity index (χ4n) is 3.86. The first-order chi connectivity index (χ1) is 13.5. The average molecular weight is 380 g/mol. The lowest BCUT2D eigenvalue weighted by atomic mass is 9.98. The predicted molar refractivity (Wildman–Crippen MR) is 103 cm³/mol. The van der Waals surface area contributed by atoms with Crippen molar-refractivity contribution in [3.05, 3.63) is 47.1 Å². The van der Waals surface area contributed by atoms with Gasteiger partial charge in [-0.05, 0) is 46.1 Å². The van der Waals surface area contributed by atoms with Gasteiger partial charge < -0.3 is 14.0 Å². The smallest absolute Gasteiger partial charge is 0.290 e. The third-order valence-electron chi connectivity index (χ3n) is 5.25. The van der Waals surface area contributed by atoms with E-state index in [1.807, 2.05) is 38.8 Å². The largest absolute Gasteiger partial charge is 0.361 e. The van der Waals surface area contributed by atoms with Gasteiger partial charge in [-0.1, -0.05) is 5.16 Å². The van der Waals surface area contributed by atoms with Crippen molar-refractivity contribution in [1.29, 1.82) is 0 Å². The molecule has 0 aliphatic carbocycles. The standard InChI is InChI=1S/C20H24N6O2/c1-12-11-15(23-18(22-12)17-13(2)24-28-14(17)3)16-7-5-6-9-26(16)20(27)19-21-8-10-25(19)4/h8,10-11,16H,5-7,9H2,1-4H3/t16-/m0/s1. The van der Waals surface area contributed by atoms with Gasteiger partial charge in [0.25, 0.3) is 5.91 Å². The summed E-state index contributed by atoms with van der Waals surface area (Å²) < 4.78 is 7.05. The van der Waals surface area contributed by atoms with Gasteiger partial charge in [-0.3, -0.25) is 4.79 Å². The van der Waals surface area contributed by atoms with Crippen LogP contribution in [0.25, 0.3) is 11.4 Å². The highest BCUT2D eigenvalue weighted by atomic mass is 16.5. The summed E-state index contributed by atoms with van der Waals surface area (Å²) in [6.07, 6.45) is 6.34. The van der Waals surface area contributed by atoms with Crippen molar-refractivity contribution in [3.63, 3.8) is 0 Å². The predicted octanol–water partition coefficient (Wildman–Crippen LogP) is 3.16. The summed E-state index contributed by atoms with van der Waals surface area (Å²) in [4.78, 5) is 28.7. The zero-order valence-corrected chi connectivity index (χ0v) is 16.6. The van der Waals surface area contributed by atoms with Crippen molar-refractivity contribution in [2.45, 2.75) is 46.1 Å². The Kier molecular flexibility index (Phi) is 4.70. The van der Waals surface area contributed by atoms with Crippen molar-refractivity contribution >= 4 is 5.91 Å². The molecule has 146 valence electrons. The van der Waals surface area contributed by atoms with Gasteiger partial charge >= 0.3 is 0 Å². The molecule has 3 aromatic rings. The van der Waals surface area contributed by atoms with Gasteiger partial charge in [0.05, 0.1) is 23.0 Å². The van der Waals surface area contributed by atoms with Crippen LogP contribution in [0.3, 0.4) is 0 Å².